The third kappa shape index (κ3) is 3.47. The summed E-state index contributed by atoms with van der Waals surface area (Å²) >= 11 is 4.94. The zero-order valence-electron chi connectivity index (χ0n) is 15.1. The number of anilines is 1. The van der Waals surface area contributed by atoms with E-state index in [1.807, 2.05) is 31.2 Å². The van der Waals surface area contributed by atoms with E-state index >= 15 is 0 Å². The SMILES string of the molecule is CCSc1nnc2c(n1)OC(c1cc(Br)cc(OC)c1O)Nc1ccccc1-2. The van der Waals surface area contributed by atoms with Crippen molar-refractivity contribution in [1.29, 1.82) is 0 Å². The number of thioether (sulfide) groups is 1. The molecule has 0 saturated carbocycles. The van der Waals surface area contributed by atoms with Crippen LogP contribution in [0.25, 0.3) is 11.3 Å². The normalized spacial score (nSPS) is 14.9. The van der Waals surface area contributed by atoms with Crippen molar-refractivity contribution < 1.29 is 14.6 Å². The van der Waals surface area contributed by atoms with Crippen LogP contribution in [-0.2, 0) is 0 Å². The Kier molecular flexibility index (Phi) is 5.27. The highest BCUT2D eigenvalue weighted by Crippen LogP contribution is 2.43. The van der Waals surface area contributed by atoms with Gasteiger partial charge in [0.15, 0.2) is 17.2 Å². The summed E-state index contributed by atoms with van der Waals surface area (Å²) in [6.07, 6.45) is -0.704. The highest BCUT2D eigenvalue weighted by Gasteiger charge is 2.28. The molecule has 0 amide bonds. The average molecular weight is 461 g/mol. The summed E-state index contributed by atoms with van der Waals surface area (Å²) in [5, 5.41) is 23.1. The molecule has 1 aliphatic rings. The molecule has 0 radical (unpaired) electrons. The van der Waals surface area contributed by atoms with Gasteiger partial charge in [0.25, 0.3) is 0 Å². The summed E-state index contributed by atoms with van der Waals surface area (Å²) in [5.41, 5.74) is 2.69. The Bertz CT molecular complexity index is 1030. The zero-order valence-corrected chi connectivity index (χ0v) is 17.5. The van der Waals surface area contributed by atoms with Gasteiger partial charge < -0.3 is 19.9 Å². The van der Waals surface area contributed by atoms with E-state index in [4.69, 9.17) is 9.47 Å². The van der Waals surface area contributed by atoms with E-state index in [2.05, 4.69) is 36.4 Å². The number of methoxy groups -OCH3 is 1. The number of benzene rings is 2. The first-order valence-corrected chi connectivity index (χ1v) is 10.3. The third-order valence-electron chi connectivity index (χ3n) is 4.18. The van der Waals surface area contributed by atoms with E-state index in [1.165, 1.54) is 18.9 Å². The van der Waals surface area contributed by atoms with Crippen molar-refractivity contribution in [1.82, 2.24) is 15.2 Å². The van der Waals surface area contributed by atoms with Crippen LogP contribution < -0.4 is 14.8 Å². The summed E-state index contributed by atoms with van der Waals surface area (Å²) in [6, 6.07) is 11.1. The first-order chi connectivity index (χ1) is 13.6. The molecular formula is C19H17BrN4O3S. The lowest BCUT2D eigenvalue weighted by Gasteiger charge is -2.21. The van der Waals surface area contributed by atoms with Crippen molar-refractivity contribution in [3.05, 3.63) is 46.4 Å². The number of ether oxygens (including phenoxy) is 2. The number of nitrogens with zero attached hydrogens (tertiary/aromatic N) is 3. The molecule has 0 saturated heterocycles. The van der Waals surface area contributed by atoms with E-state index in [0.29, 0.717) is 28.0 Å². The molecule has 144 valence electrons. The Balaban J connectivity index is 1.87. The number of hydrogen-bond donors (Lipinski definition) is 2. The van der Waals surface area contributed by atoms with Crippen LogP contribution >= 0.6 is 27.7 Å². The molecule has 0 bridgehead atoms. The van der Waals surface area contributed by atoms with Gasteiger partial charge in [-0.15, -0.1) is 10.2 Å². The maximum absolute atomic E-state index is 10.7. The Labute approximate surface area is 174 Å². The molecule has 4 rings (SSSR count). The Morgan fingerprint density at radius 1 is 1.29 bits per heavy atom. The van der Waals surface area contributed by atoms with E-state index in [1.54, 1.807) is 12.1 Å². The maximum atomic E-state index is 10.7. The molecule has 9 heteroatoms. The van der Waals surface area contributed by atoms with E-state index in [0.717, 1.165) is 21.5 Å². The lowest BCUT2D eigenvalue weighted by atomic mass is 10.1. The number of halogens is 1. The molecule has 0 spiro atoms. The van der Waals surface area contributed by atoms with Gasteiger partial charge in [-0.2, -0.15) is 4.98 Å². The third-order valence-corrected chi connectivity index (χ3v) is 5.36. The van der Waals surface area contributed by atoms with Crippen LogP contribution in [0, 0.1) is 0 Å². The smallest absolute Gasteiger partial charge is 0.247 e. The molecule has 2 heterocycles. The van der Waals surface area contributed by atoms with Gasteiger partial charge in [-0.05, 0) is 24.0 Å². The summed E-state index contributed by atoms with van der Waals surface area (Å²) < 4.78 is 12.2. The molecule has 1 aliphatic heterocycles. The second kappa shape index (κ2) is 7.84. The molecule has 28 heavy (non-hydrogen) atoms. The average Bonchev–Trinajstić information content (AvgIpc) is 2.86. The fourth-order valence-corrected chi connectivity index (χ4v) is 3.89. The van der Waals surface area contributed by atoms with Crippen molar-refractivity contribution in [3.8, 4) is 28.6 Å². The maximum Gasteiger partial charge on any atom is 0.247 e. The second-order valence-electron chi connectivity index (χ2n) is 5.91. The van der Waals surface area contributed by atoms with Crippen LogP contribution in [0.1, 0.15) is 18.7 Å². The molecule has 3 aromatic rings. The highest BCUT2D eigenvalue weighted by molar-refractivity contribution is 9.10. The van der Waals surface area contributed by atoms with Gasteiger partial charge in [0.2, 0.25) is 17.3 Å². The number of para-hydroxylation sites is 1. The van der Waals surface area contributed by atoms with Crippen LogP contribution in [0.15, 0.2) is 46.0 Å². The standard InChI is InChI=1S/C19H17BrN4O3S/c1-3-28-19-22-18-15(23-24-19)11-6-4-5-7-13(11)21-17(27-18)12-8-10(20)9-14(26-2)16(12)25/h4-9,17,21,25H,3H2,1-2H3. The Morgan fingerprint density at radius 2 is 2.11 bits per heavy atom. The minimum absolute atomic E-state index is 0.00527. The Morgan fingerprint density at radius 3 is 2.89 bits per heavy atom. The lowest BCUT2D eigenvalue weighted by Crippen LogP contribution is -2.17. The molecule has 1 atom stereocenters. The quantitative estimate of drug-likeness (QED) is 0.544. The first kappa shape index (κ1) is 18.8. The summed E-state index contributed by atoms with van der Waals surface area (Å²) in [5.74, 6) is 1.51. The molecule has 1 unspecified atom stereocenters. The van der Waals surface area contributed by atoms with Crippen LogP contribution in [0.3, 0.4) is 0 Å². The number of aromatic nitrogens is 3. The summed E-state index contributed by atoms with van der Waals surface area (Å²) in [6.45, 7) is 2.02. The van der Waals surface area contributed by atoms with Gasteiger partial charge in [0.1, 0.15) is 0 Å². The molecule has 0 aliphatic carbocycles. The van der Waals surface area contributed by atoms with E-state index < -0.39 is 6.23 Å². The van der Waals surface area contributed by atoms with Gasteiger partial charge >= 0.3 is 0 Å². The number of hydrogen-bond acceptors (Lipinski definition) is 8. The van der Waals surface area contributed by atoms with E-state index in [9.17, 15) is 5.11 Å². The minimum atomic E-state index is -0.704. The van der Waals surface area contributed by atoms with Crippen molar-refractivity contribution >= 4 is 33.4 Å². The van der Waals surface area contributed by atoms with Gasteiger partial charge in [-0.25, -0.2) is 0 Å². The summed E-state index contributed by atoms with van der Waals surface area (Å²) in [7, 11) is 1.50. The zero-order chi connectivity index (χ0) is 19.7. The number of fused-ring (bicyclic) bond motifs is 3. The van der Waals surface area contributed by atoms with Gasteiger partial charge in [0.05, 0.1) is 12.7 Å². The van der Waals surface area contributed by atoms with Crippen LogP contribution in [0.4, 0.5) is 5.69 Å². The fraction of sp³-hybridized carbons (Fsp3) is 0.211. The molecule has 2 aromatic carbocycles. The monoisotopic (exact) mass is 460 g/mol. The largest absolute Gasteiger partial charge is 0.504 e. The molecular weight excluding hydrogens is 444 g/mol. The second-order valence-corrected chi connectivity index (χ2v) is 8.06. The molecule has 1 aromatic heterocycles. The highest BCUT2D eigenvalue weighted by atomic mass is 79.9. The van der Waals surface area contributed by atoms with Crippen molar-refractivity contribution in [2.24, 2.45) is 0 Å². The predicted molar refractivity (Wildman–Crippen MR) is 111 cm³/mol. The van der Waals surface area contributed by atoms with E-state index in [-0.39, 0.29) is 5.75 Å². The topological polar surface area (TPSA) is 89.4 Å². The fourth-order valence-electron chi connectivity index (χ4n) is 2.93. The number of phenolic OH excluding ortho intramolecular Hbond substituents is 1. The number of rotatable bonds is 4. The van der Waals surface area contributed by atoms with Crippen molar-refractivity contribution in [2.45, 2.75) is 18.3 Å². The Hall–Kier alpha value is -2.52. The number of nitrogens with one attached hydrogen (secondary N) is 1. The van der Waals surface area contributed by atoms with Gasteiger partial charge in [0, 0.05) is 15.7 Å². The minimum Gasteiger partial charge on any atom is -0.504 e. The van der Waals surface area contributed by atoms with Gasteiger partial charge in [-0.1, -0.05) is 52.8 Å². The van der Waals surface area contributed by atoms with Crippen LogP contribution in [0.5, 0.6) is 17.4 Å². The molecule has 0 fully saturated rings. The molecule has 7 nitrogen and oxygen atoms in total. The predicted octanol–water partition coefficient (Wildman–Crippen LogP) is 4.63. The lowest BCUT2D eigenvalue weighted by molar-refractivity contribution is 0.219. The first-order valence-electron chi connectivity index (χ1n) is 8.57. The number of phenols is 1. The molecule has 2 N–H and O–H groups in total. The van der Waals surface area contributed by atoms with Crippen LogP contribution in [-0.4, -0.2) is 33.2 Å². The summed E-state index contributed by atoms with van der Waals surface area (Å²) in [4.78, 5) is 4.53. The van der Waals surface area contributed by atoms with Gasteiger partial charge in [-0.3, -0.25) is 0 Å². The van der Waals surface area contributed by atoms with Crippen LogP contribution in [0.2, 0.25) is 0 Å². The van der Waals surface area contributed by atoms with Crippen molar-refractivity contribution in [3.63, 3.8) is 0 Å². The van der Waals surface area contributed by atoms with Crippen molar-refractivity contribution in [2.75, 3.05) is 18.2 Å². The number of aromatic hydroxyl groups is 1.